The summed E-state index contributed by atoms with van der Waals surface area (Å²) < 4.78 is 23.2. The van der Waals surface area contributed by atoms with E-state index in [1.54, 1.807) is 12.5 Å². The van der Waals surface area contributed by atoms with Gasteiger partial charge in [0.05, 0.1) is 43.5 Å². The van der Waals surface area contributed by atoms with Crippen LogP contribution in [0.3, 0.4) is 0 Å². The van der Waals surface area contributed by atoms with Gasteiger partial charge in [0.15, 0.2) is 0 Å². The lowest BCUT2D eigenvalue weighted by molar-refractivity contribution is -0.171. The fourth-order valence-corrected chi connectivity index (χ4v) is 7.53. The van der Waals surface area contributed by atoms with Gasteiger partial charge in [-0.05, 0) is 51.2 Å². The molecule has 0 spiro atoms. The maximum Gasteiger partial charge on any atom is 0.310 e. The molecule has 1 aromatic rings. The van der Waals surface area contributed by atoms with Gasteiger partial charge in [-0.15, -0.1) is 0 Å². The molecule has 184 valence electrons. The maximum atomic E-state index is 12.7. The van der Waals surface area contributed by atoms with E-state index in [1.807, 2.05) is 26.8 Å². The number of allylic oxidation sites excluding steroid dienone is 1. The Morgan fingerprint density at radius 2 is 1.97 bits per heavy atom. The van der Waals surface area contributed by atoms with Crippen LogP contribution in [0, 0.1) is 22.7 Å². The highest BCUT2D eigenvalue weighted by molar-refractivity contribution is 5.76. The second kappa shape index (κ2) is 7.70. The fourth-order valence-electron chi connectivity index (χ4n) is 7.53. The lowest BCUT2D eigenvalue weighted by Crippen LogP contribution is -2.55. The fraction of sp³-hybridized carbons (Fsp3) is 0.654. The van der Waals surface area contributed by atoms with Crippen LogP contribution < -0.4 is 0 Å². The summed E-state index contributed by atoms with van der Waals surface area (Å²) in [5.74, 6) is -1.92. The van der Waals surface area contributed by atoms with E-state index in [1.165, 1.54) is 0 Å². The molecule has 1 aromatic heterocycles. The quantitative estimate of drug-likeness (QED) is 0.512. The highest BCUT2D eigenvalue weighted by atomic mass is 16.6. The number of esters is 2. The molecule has 0 bridgehead atoms. The van der Waals surface area contributed by atoms with E-state index in [4.69, 9.17) is 18.6 Å². The number of ether oxygens (including phenoxy) is 3. The SMILES string of the molecule is CC1=C2CC(=O)O[C@@H](c3ccoc3)[C@]2(C)CC[C@@H]1[C@]12COC(=O)C[C@@H]1OC(C)(C)[C@@H]2CC(=O)O. The first-order valence-electron chi connectivity index (χ1n) is 12.0. The molecule has 3 saturated heterocycles. The summed E-state index contributed by atoms with van der Waals surface area (Å²) in [5, 5.41) is 9.79. The lowest BCUT2D eigenvalue weighted by Gasteiger charge is -2.54. The van der Waals surface area contributed by atoms with E-state index >= 15 is 0 Å². The number of furan rings is 1. The summed E-state index contributed by atoms with van der Waals surface area (Å²) in [6, 6.07) is 1.83. The Kier molecular flexibility index (Phi) is 5.24. The molecular formula is C26H32O8. The number of fused-ring (bicyclic) bond motifs is 2. The number of carboxylic acid groups (broad SMARTS) is 1. The van der Waals surface area contributed by atoms with E-state index in [9.17, 15) is 19.5 Å². The van der Waals surface area contributed by atoms with Crippen molar-refractivity contribution >= 4 is 17.9 Å². The van der Waals surface area contributed by atoms with Gasteiger partial charge in [0.2, 0.25) is 0 Å². The van der Waals surface area contributed by atoms with Crippen molar-refractivity contribution in [1.29, 1.82) is 0 Å². The maximum absolute atomic E-state index is 12.7. The first kappa shape index (κ1) is 23.1. The van der Waals surface area contributed by atoms with Gasteiger partial charge in [-0.1, -0.05) is 12.5 Å². The van der Waals surface area contributed by atoms with Gasteiger partial charge in [-0.25, -0.2) is 0 Å². The summed E-state index contributed by atoms with van der Waals surface area (Å²) in [4.78, 5) is 36.9. The van der Waals surface area contributed by atoms with Gasteiger partial charge in [0.25, 0.3) is 0 Å². The number of hydrogen-bond acceptors (Lipinski definition) is 7. The largest absolute Gasteiger partial charge is 0.481 e. The Labute approximate surface area is 198 Å². The minimum Gasteiger partial charge on any atom is -0.481 e. The molecule has 1 aliphatic carbocycles. The Morgan fingerprint density at radius 3 is 2.65 bits per heavy atom. The molecule has 3 fully saturated rings. The second-order valence-corrected chi connectivity index (χ2v) is 11.1. The summed E-state index contributed by atoms with van der Waals surface area (Å²) in [5.41, 5.74) is 1.14. The molecule has 5 rings (SSSR count). The van der Waals surface area contributed by atoms with Gasteiger partial charge < -0.3 is 23.7 Å². The molecule has 4 aliphatic rings. The molecule has 4 heterocycles. The topological polar surface area (TPSA) is 112 Å². The van der Waals surface area contributed by atoms with E-state index in [0.717, 1.165) is 29.6 Å². The average molecular weight is 473 g/mol. The monoisotopic (exact) mass is 472 g/mol. The normalized spacial score (nSPS) is 39.2. The number of hydrogen-bond donors (Lipinski definition) is 1. The van der Waals surface area contributed by atoms with Crippen LogP contribution in [0.5, 0.6) is 0 Å². The number of rotatable bonds is 4. The number of carboxylic acids is 1. The Morgan fingerprint density at radius 1 is 1.21 bits per heavy atom. The molecule has 0 unspecified atom stereocenters. The minimum absolute atomic E-state index is 0.0723. The molecule has 0 amide bonds. The van der Waals surface area contributed by atoms with Crippen molar-refractivity contribution in [2.24, 2.45) is 22.7 Å². The van der Waals surface area contributed by atoms with Crippen LogP contribution in [0.25, 0.3) is 0 Å². The number of cyclic esters (lactones) is 2. The first-order chi connectivity index (χ1) is 16.0. The zero-order valence-corrected chi connectivity index (χ0v) is 20.1. The summed E-state index contributed by atoms with van der Waals surface area (Å²) >= 11 is 0. The predicted molar refractivity (Wildman–Crippen MR) is 118 cm³/mol. The Balaban J connectivity index is 1.63. The Hall–Kier alpha value is -2.61. The van der Waals surface area contributed by atoms with Crippen molar-refractivity contribution in [2.75, 3.05) is 6.61 Å². The minimum atomic E-state index is -0.897. The van der Waals surface area contributed by atoms with Crippen LogP contribution in [-0.4, -0.2) is 41.3 Å². The average Bonchev–Trinajstić information content (AvgIpc) is 3.35. The zero-order chi connectivity index (χ0) is 24.5. The third-order valence-electron chi connectivity index (χ3n) is 9.03. The van der Waals surface area contributed by atoms with Crippen molar-refractivity contribution in [3.05, 3.63) is 35.3 Å². The van der Waals surface area contributed by atoms with E-state index in [2.05, 4.69) is 6.92 Å². The standard InChI is InChI=1S/C26H32O8/c1-14-16(5-7-25(4)17(14)9-22(30)33-23(25)15-6-8-31-12-15)26-13-32-21(29)11-19(26)34-24(2,3)18(26)10-20(27)28/h6,8,12,16,18-19,23H,5,7,9-11,13H2,1-4H3,(H,27,28)/t16-,18-,19-,23-,25+,26-/m0/s1. The zero-order valence-electron chi connectivity index (χ0n) is 20.1. The van der Waals surface area contributed by atoms with Crippen LogP contribution in [0.4, 0.5) is 0 Å². The molecule has 0 radical (unpaired) electrons. The molecule has 0 saturated carbocycles. The van der Waals surface area contributed by atoms with Crippen LogP contribution >= 0.6 is 0 Å². The van der Waals surface area contributed by atoms with Crippen molar-refractivity contribution in [2.45, 2.75) is 77.6 Å². The first-order valence-corrected chi connectivity index (χ1v) is 12.0. The molecule has 6 atom stereocenters. The Bertz CT molecular complexity index is 1050. The summed E-state index contributed by atoms with van der Waals surface area (Å²) in [6.45, 7) is 8.13. The number of aliphatic carboxylic acids is 1. The van der Waals surface area contributed by atoms with E-state index in [-0.39, 0.29) is 49.6 Å². The van der Waals surface area contributed by atoms with Gasteiger partial charge in [-0.3, -0.25) is 14.4 Å². The van der Waals surface area contributed by atoms with Crippen LogP contribution in [-0.2, 0) is 28.6 Å². The van der Waals surface area contributed by atoms with Gasteiger partial charge >= 0.3 is 17.9 Å². The molecule has 34 heavy (non-hydrogen) atoms. The third-order valence-corrected chi connectivity index (χ3v) is 9.03. The summed E-state index contributed by atoms with van der Waals surface area (Å²) in [7, 11) is 0. The number of carbonyl (C=O) groups is 3. The third kappa shape index (κ3) is 3.25. The molecule has 8 heteroatoms. The highest BCUT2D eigenvalue weighted by Crippen LogP contribution is 2.65. The van der Waals surface area contributed by atoms with E-state index < -0.39 is 34.6 Å². The second-order valence-electron chi connectivity index (χ2n) is 11.1. The predicted octanol–water partition coefficient (Wildman–Crippen LogP) is 4.20. The van der Waals surface area contributed by atoms with Gasteiger partial charge in [0, 0.05) is 22.3 Å². The van der Waals surface area contributed by atoms with Crippen molar-refractivity contribution < 1.29 is 38.1 Å². The van der Waals surface area contributed by atoms with Gasteiger partial charge in [-0.2, -0.15) is 0 Å². The molecule has 1 N–H and O–H groups in total. The summed E-state index contributed by atoms with van der Waals surface area (Å²) in [6.07, 6.45) is 4.06. The van der Waals surface area contributed by atoms with Crippen molar-refractivity contribution in [3.8, 4) is 0 Å². The molecule has 8 nitrogen and oxygen atoms in total. The van der Waals surface area contributed by atoms with Crippen LogP contribution in [0.2, 0.25) is 0 Å². The molecule has 0 aromatic carbocycles. The lowest BCUT2D eigenvalue weighted by atomic mass is 9.52. The van der Waals surface area contributed by atoms with Gasteiger partial charge in [0.1, 0.15) is 12.7 Å². The van der Waals surface area contributed by atoms with E-state index in [0.29, 0.717) is 0 Å². The van der Waals surface area contributed by atoms with Crippen molar-refractivity contribution in [1.82, 2.24) is 0 Å². The highest BCUT2D eigenvalue weighted by Gasteiger charge is 2.67. The number of carbonyl (C=O) groups excluding carboxylic acids is 2. The molecular weight excluding hydrogens is 440 g/mol. The smallest absolute Gasteiger partial charge is 0.310 e. The van der Waals surface area contributed by atoms with Crippen LogP contribution in [0.15, 0.2) is 34.2 Å². The van der Waals surface area contributed by atoms with Crippen molar-refractivity contribution in [3.63, 3.8) is 0 Å². The van der Waals surface area contributed by atoms with Crippen LogP contribution in [0.1, 0.15) is 71.5 Å². The molecule has 3 aliphatic heterocycles.